The first-order valence-electron chi connectivity index (χ1n) is 6.73. The zero-order chi connectivity index (χ0) is 16.1. The number of amides is 1. The first-order chi connectivity index (χ1) is 10.5. The average Bonchev–Trinajstić information content (AvgIpc) is 2.53. The Morgan fingerprint density at radius 3 is 2.68 bits per heavy atom. The summed E-state index contributed by atoms with van der Waals surface area (Å²) in [5.74, 6) is -0.156. The lowest BCUT2D eigenvalue weighted by Crippen LogP contribution is -2.33. The van der Waals surface area contributed by atoms with Crippen LogP contribution in [0, 0.1) is 5.82 Å². The van der Waals surface area contributed by atoms with Crippen molar-refractivity contribution in [2.24, 2.45) is 0 Å². The van der Waals surface area contributed by atoms with Crippen LogP contribution in [0.1, 0.15) is 18.5 Å². The SMILES string of the molecule is CC(c1ccc(F)cc1)N(C)C(=O)COc1cccnc1Cl. The number of pyridine rings is 1. The summed E-state index contributed by atoms with van der Waals surface area (Å²) in [6.07, 6.45) is 1.54. The highest BCUT2D eigenvalue weighted by molar-refractivity contribution is 6.30. The Hall–Kier alpha value is -2.14. The van der Waals surface area contributed by atoms with Crippen molar-refractivity contribution in [3.8, 4) is 5.75 Å². The van der Waals surface area contributed by atoms with E-state index in [9.17, 15) is 9.18 Å². The van der Waals surface area contributed by atoms with Crippen LogP contribution in [-0.4, -0.2) is 29.4 Å². The predicted octanol–water partition coefficient (Wildman–Crippen LogP) is 3.47. The highest BCUT2D eigenvalue weighted by atomic mass is 35.5. The molecule has 1 aromatic carbocycles. The van der Waals surface area contributed by atoms with E-state index in [2.05, 4.69) is 4.98 Å². The maximum Gasteiger partial charge on any atom is 0.260 e. The van der Waals surface area contributed by atoms with Crippen LogP contribution in [0.25, 0.3) is 0 Å². The molecule has 22 heavy (non-hydrogen) atoms. The largest absolute Gasteiger partial charge is 0.481 e. The van der Waals surface area contributed by atoms with E-state index < -0.39 is 0 Å². The number of ether oxygens (including phenoxy) is 1. The van der Waals surface area contributed by atoms with Crippen LogP contribution < -0.4 is 4.74 Å². The van der Waals surface area contributed by atoms with Crippen molar-refractivity contribution in [1.29, 1.82) is 0 Å². The van der Waals surface area contributed by atoms with E-state index in [0.717, 1.165) is 5.56 Å². The Bertz CT molecular complexity index is 649. The van der Waals surface area contributed by atoms with Crippen molar-refractivity contribution in [2.75, 3.05) is 13.7 Å². The molecule has 1 unspecified atom stereocenters. The third kappa shape index (κ3) is 3.95. The molecule has 1 heterocycles. The number of rotatable bonds is 5. The average molecular weight is 323 g/mol. The van der Waals surface area contributed by atoms with Crippen LogP contribution in [0.4, 0.5) is 4.39 Å². The van der Waals surface area contributed by atoms with Gasteiger partial charge in [-0.2, -0.15) is 0 Å². The molecule has 4 nitrogen and oxygen atoms in total. The summed E-state index contributed by atoms with van der Waals surface area (Å²) < 4.78 is 18.3. The van der Waals surface area contributed by atoms with Gasteiger partial charge in [-0.25, -0.2) is 9.37 Å². The first-order valence-corrected chi connectivity index (χ1v) is 7.11. The summed E-state index contributed by atoms with van der Waals surface area (Å²) >= 11 is 5.86. The monoisotopic (exact) mass is 322 g/mol. The van der Waals surface area contributed by atoms with Gasteiger partial charge in [-0.15, -0.1) is 0 Å². The molecule has 1 amide bonds. The van der Waals surface area contributed by atoms with Crippen molar-refractivity contribution in [3.63, 3.8) is 0 Å². The van der Waals surface area contributed by atoms with Gasteiger partial charge in [0.25, 0.3) is 5.91 Å². The minimum absolute atomic E-state index is 0.145. The second kappa shape index (κ2) is 7.22. The summed E-state index contributed by atoms with van der Waals surface area (Å²) in [5.41, 5.74) is 0.844. The summed E-state index contributed by atoms with van der Waals surface area (Å²) in [5, 5.41) is 0.213. The minimum atomic E-state index is -0.306. The highest BCUT2D eigenvalue weighted by Crippen LogP contribution is 2.22. The number of nitrogens with zero attached hydrogens (tertiary/aromatic N) is 2. The molecule has 0 aliphatic rings. The lowest BCUT2D eigenvalue weighted by Gasteiger charge is -2.25. The van der Waals surface area contributed by atoms with Crippen molar-refractivity contribution in [1.82, 2.24) is 9.88 Å². The Kier molecular flexibility index (Phi) is 5.33. The van der Waals surface area contributed by atoms with Gasteiger partial charge in [-0.3, -0.25) is 4.79 Å². The normalized spacial score (nSPS) is 11.8. The van der Waals surface area contributed by atoms with Gasteiger partial charge < -0.3 is 9.64 Å². The molecule has 0 N–H and O–H groups in total. The maximum atomic E-state index is 12.9. The quantitative estimate of drug-likeness (QED) is 0.792. The highest BCUT2D eigenvalue weighted by Gasteiger charge is 2.18. The molecule has 1 aromatic heterocycles. The molecule has 0 aliphatic heterocycles. The lowest BCUT2D eigenvalue weighted by atomic mass is 10.1. The molecule has 0 aliphatic carbocycles. The van der Waals surface area contributed by atoms with Crippen molar-refractivity contribution in [3.05, 3.63) is 59.1 Å². The Morgan fingerprint density at radius 1 is 1.36 bits per heavy atom. The van der Waals surface area contributed by atoms with Gasteiger partial charge in [0.2, 0.25) is 0 Å². The van der Waals surface area contributed by atoms with Gasteiger partial charge >= 0.3 is 0 Å². The van der Waals surface area contributed by atoms with Crippen LogP contribution >= 0.6 is 11.6 Å². The molecule has 2 rings (SSSR count). The fourth-order valence-corrected chi connectivity index (χ4v) is 2.08. The van der Waals surface area contributed by atoms with E-state index in [1.54, 1.807) is 37.5 Å². The summed E-state index contributed by atoms with van der Waals surface area (Å²) in [6, 6.07) is 9.18. The molecular formula is C16H16ClFN2O2. The van der Waals surface area contributed by atoms with E-state index in [4.69, 9.17) is 16.3 Å². The third-order valence-corrected chi connectivity index (χ3v) is 3.69. The standard InChI is InChI=1S/C16H16ClFN2O2/c1-11(12-5-7-13(18)8-6-12)20(2)15(21)10-22-14-4-3-9-19-16(14)17/h3-9,11H,10H2,1-2H3. The topological polar surface area (TPSA) is 42.4 Å². The van der Waals surface area contributed by atoms with E-state index in [0.29, 0.717) is 5.75 Å². The van der Waals surface area contributed by atoms with Crippen LogP contribution in [0.2, 0.25) is 5.15 Å². The van der Waals surface area contributed by atoms with Crippen LogP contribution in [0.3, 0.4) is 0 Å². The predicted molar refractivity (Wildman–Crippen MR) is 82.3 cm³/mol. The molecule has 0 radical (unpaired) electrons. The zero-order valence-corrected chi connectivity index (χ0v) is 13.0. The van der Waals surface area contributed by atoms with Gasteiger partial charge in [0.1, 0.15) is 5.82 Å². The number of likely N-dealkylation sites (N-methyl/N-ethyl adjacent to an activating group) is 1. The molecule has 0 spiro atoms. The van der Waals surface area contributed by atoms with Gasteiger partial charge in [0.05, 0.1) is 6.04 Å². The van der Waals surface area contributed by atoms with Crippen molar-refractivity contribution < 1.29 is 13.9 Å². The summed E-state index contributed by atoms with van der Waals surface area (Å²) in [4.78, 5) is 17.6. The number of hydrogen-bond donors (Lipinski definition) is 0. The molecule has 1 atom stereocenters. The second-order valence-corrected chi connectivity index (χ2v) is 5.17. The molecule has 6 heteroatoms. The van der Waals surface area contributed by atoms with Gasteiger partial charge in [-0.1, -0.05) is 23.7 Å². The number of carbonyl (C=O) groups excluding carboxylic acids is 1. The zero-order valence-electron chi connectivity index (χ0n) is 12.3. The molecule has 0 saturated carbocycles. The molecule has 2 aromatic rings. The Balaban J connectivity index is 1.97. The smallest absolute Gasteiger partial charge is 0.260 e. The van der Waals surface area contributed by atoms with Crippen LogP contribution in [0.15, 0.2) is 42.6 Å². The van der Waals surface area contributed by atoms with Gasteiger partial charge in [0, 0.05) is 13.2 Å². The number of benzene rings is 1. The van der Waals surface area contributed by atoms with E-state index >= 15 is 0 Å². The number of aromatic nitrogens is 1. The number of carbonyl (C=O) groups is 1. The van der Waals surface area contributed by atoms with Crippen LogP contribution in [0.5, 0.6) is 5.75 Å². The maximum absolute atomic E-state index is 12.9. The number of hydrogen-bond acceptors (Lipinski definition) is 3. The minimum Gasteiger partial charge on any atom is -0.481 e. The van der Waals surface area contributed by atoms with Crippen LogP contribution in [-0.2, 0) is 4.79 Å². The second-order valence-electron chi connectivity index (χ2n) is 4.81. The summed E-state index contributed by atoms with van der Waals surface area (Å²) in [6.45, 7) is 1.72. The van der Waals surface area contributed by atoms with Crippen molar-refractivity contribution in [2.45, 2.75) is 13.0 Å². The lowest BCUT2D eigenvalue weighted by molar-refractivity contribution is -0.134. The Labute approximate surface area is 133 Å². The third-order valence-electron chi connectivity index (χ3n) is 3.40. The molecule has 116 valence electrons. The fourth-order valence-electron chi connectivity index (χ4n) is 1.90. The molecule has 0 fully saturated rings. The molecular weight excluding hydrogens is 307 g/mol. The Morgan fingerprint density at radius 2 is 2.05 bits per heavy atom. The van der Waals surface area contributed by atoms with Gasteiger partial charge in [-0.05, 0) is 36.8 Å². The van der Waals surface area contributed by atoms with E-state index in [-0.39, 0.29) is 29.5 Å². The van der Waals surface area contributed by atoms with E-state index in [1.165, 1.54) is 17.0 Å². The van der Waals surface area contributed by atoms with E-state index in [1.807, 2.05) is 6.92 Å². The summed E-state index contributed by atoms with van der Waals surface area (Å²) in [7, 11) is 1.67. The fraction of sp³-hybridized carbons (Fsp3) is 0.250. The molecule has 0 saturated heterocycles. The first kappa shape index (κ1) is 16.2. The van der Waals surface area contributed by atoms with Gasteiger partial charge in [0.15, 0.2) is 17.5 Å². The number of halogens is 2. The van der Waals surface area contributed by atoms with Crippen molar-refractivity contribution >= 4 is 17.5 Å². The molecule has 0 bridgehead atoms.